The molecule has 1 aromatic rings. The summed E-state index contributed by atoms with van der Waals surface area (Å²) in [6.07, 6.45) is 0.802. The Bertz CT molecular complexity index is 433. The van der Waals surface area contributed by atoms with Crippen molar-refractivity contribution in [2.75, 3.05) is 11.9 Å². The second-order valence-corrected chi connectivity index (χ2v) is 4.58. The van der Waals surface area contributed by atoms with E-state index in [1.54, 1.807) is 6.07 Å². The zero-order valence-corrected chi connectivity index (χ0v) is 11.4. The van der Waals surface area contributed by atoms with Gasteiger partial charge < -0.3 is 10.6 Å². The highest BCUT2D eigenvalue weighted by atomic mass is 79.9. The van der Waals surface area contributed by atoms with E-state index in [2.05, 4.69) is 26.6 Å². The molecule has 0 atom stereocenters. The maximum atomic E-state index is 11.5. The SMILES string of the molecule is CCCNC(=O)C(=O)Nc1ccc(Br)cc1C. The lowest BCUT2D eigenvalue weighted by Crippen LogP contribution is -2.35. The topological polar surface area (TPSA) is 58.2 Å². The van der Waals surface area contributed by atoms with E-state index in [9.17, 15) is 9.59 Å². The number of hydrogen-bond donors (Lipinski definition) is 2. The molecule has 0 radical (unpaired) electrons. The third-order valence-corrected chi connectivity index (χ3v) is 2.67. The summed E-state index contributed by atoms with van der Waals surface area (Å²) < 4.78 is 0.934. The Balaban J connectivity index is 2.64. The Hall–Kier alpha value is -1.36. The number of aryl methyl sites for hydroxylation is 1. The average Bonchev–Trinajstić information content (AvgIpc) is 2.29. The van der Waals surface area contributed by atoms with E-state index < -0.39 is 11.8 Å². The first-order chi connectivity index (χ1) is 8.04. The number of halogens is 1. The van der Waals surface area contributed by atoms with Crippen LogP contribution < -0.4 is 10.6 Å². The van der Waals surface area contributed by atoms with Crippen LogP contribution in [0.2, 0.25) is 0 Å². The van der Waals surface area contributed by atoms with Gasteiger partial charge in [0.1, 0.15) is 0 Å². The van der Waals surface area contributed by atoms with Gasteiger partial charge in [0.15, 0.2) is 0 Å². The molecule has 0 bridgehead atoms. The van der Waals surface area contributed by atoms with E-state index in [1.807, 2.05) is 26.0 Å². The van der Waals surface area contributed by atoms with Crippen molar-refractivity contribution >= 4 is 33.4 Å². The highest BCUT2D eigenvalue weighted by Crippen LogP contribution is 2.19. The Morgan fingerprint density at radius 1 is 1.29 bits per heavy atom. The van der Waals surface area contributed by atoms with Crippen LogP contribution in [-0.2, 0) is 9.59 Å². The molecular formula is C12H15BrN2O2. The smallest absolute Gasteiger partial charge is 0.313 e. The predicted molar refractivity (Wildman–Crippen MR) is 70.8 cm³/mol. The molecule has 0 fully saturated rings. The average molecular weight is 299 g/mol. The fraction of sp³-hybridized carbons (Fsp3) is 0.333. The van der Waals surface area contributed by atoms with Gasteiger partial charge in [-0.3, -0.25) is 9.59 Å². The van der Waals surface area contributed by atoms with E-state index >= 15 is 0 Å². The van der Waals surface area contributed by atoms with Gasteiger partial charge in [-0.15, -0.1) is 0 Å². The highest BCUT2D eigenvalue weighted by molar-refractivity contribution is 9.10. The summed E-state index contributed by atoms with van der Waals surface area (Å²) in [5, 5.41) is 5.10. The molecule has 92 valence electrons. The van der Waals surface area contributed by atoms with Gasteiger partial charge in [0.25, 0.3) is 0 Å². The van der Waals surface area contributed by atoms with Crippen LogP contribution in [0.4, 0.5) is 5.69 Å². The monoisotopic (exact) mass is 298 g/mol. The lowest BCUT2D eigenvalue weighted by molar-refractivity contribution is -0.136. The third-order valence-electron chi connectivity index (χ3n) is 2.18. The summed E-state index contributed by atoms with van der Waals surface area (Å²) >= 11 is 3.33. The first-order valence-electron chi connectivity index (χ1n) is 5.40. The molecule has 4 nitrogen and oxygen atoms in total. The van der Waals surface area contributed by atoms with Gasteiger partial charge in [0.2, 0.25) is 0 Å². The molecule has 1 rings (SSSR count). The maximum Gasteiger partial charge on any atom is 0.313 e. The van der Waals surface area contributed by atoms with Crippen LogP contribution in [0.1, 0.15) is 18.9 Å². The van der Waals surface area contributed by atoms with Crippen LogP contribution in [0.5, 0.6) is 0 Å². The van der Waals surface area contributed by atoms with Crippen molar-refractivity contribution in [3.8, 4) is 0 Å². The number of carbonyl (C=O) groups is 2. The molecule has 0 aliphatic rings. The molecule has 2 amide bonds. The normalized spacial score (nSPS) is 9.82. The number of anilines is 1. The largest absolute Gasteiger partial charge is 0.348 e. The minimum atomic E-state index is -0.635. The maximum absolute atomic E-state index is 11.5. The summed E-state index contributed by atoms with van der Waals surface area (Å²) in [5.74, 6) is -1.24. The van der Waals surface area contributed by atoms with E-state index in [0.29, 0.717) is 12.2 Å². The Morgan fingerprint density at radius 3 is 2.59 bits per heavy atom. The lowest BCUT2D eigenvalue weighted by Gasteiger charge is -2.08. The van der Waals surface area contributed by atoms with Gasteiger partial charge in [0, 0.05) is 16.7 Å². The summed E-state index contributed by atoms with van der Waals surface area (Å²) in [6, 6.07) is 5.44. The van der Waals surface area contributed by atoms with Crippen LogP contribution in [0.15, 0.2) is 22.7 Å². The molecule has 0 aromatic heterocycles. The highest BCUT2D eigenvalue weighted by Gasteiger charge is 2.13. The zero-order valence-electron chi connectivity index (χ0n) is 9.84. The number of rotatable bonds is 3. The predicted octanol–water partition coefficient (Wildman–Crippen LogP) is 2.22. The molecule has 0 spiro atoms. The number of benzene rings is 1. The van der Waals surface area contributed by atoms with Crippen molar-refractivity contribution in [3.05, 3.63) is 28.2 Å². The van der Waals surface area contributed by atoms with E-state index in [4.69, 9.17) is 0 Å². The van der Waals surface area contributed by atoms with Crippen LogP contribution in [0.3, 0.4) is 0 Å². The van der Waals surface area contributed by atoms with Gasteiger partial charge in [-0.1, -0.05) is 22.9 Å². The van der Waals surface area contributed by atoms with Crippen LogP contribution in [0.25, 0.3) is 0 Å². The molecule has 0 saturated carbocycles. The molecule has 17 heavy (non-hydrogen) atoms. The Kier molecular flexibility index (Phi) is 5.15. The first kappa shape index (κ1) is 13.7. The summed E-state index contributed by atoms with van der Waals surface area (Å²) in [7, 11) is 0. The van der Waals surface area contributed by atoms with Crippen LogP contribution in [-0.4, -0.2) is 18.4 Å². The molecule has 0 aliphatic carbocycles. The number of amides is 2. The molecular weight excluding hydrogens is 284 g/mol. The molecule has 1 aromatic carbocycles. The van der Waals surface area contributed by atoms with E-state index in [0.717, 1.165) is 16.5 Å². The Morgan fingerprint density at radius 2 is 2.00 bits per heavy atom. The van der Waals surface area contributed by atoms with Crippen LogP contribution >= 0.6 is 15.9 Å². The molecule has 2 N–H and O–H groups in total. The van der Waals surface area contributed by atoms with E-state index in [-0.39, 0.29) is 0 Å². The van der Waals surface area contributed by atoms with Gasteiger partial charge in [-0.05, 0) is 37.1 Å². The zero-order chi connectivity index (χ0) is 12.8. The minimum Gasteiger partial charge on any atom is -0.348 e. The molecule has 0 unspecified atom stereocenters. The summed E-state index contributed by atoms with van der Waals surface area (Å²) in [6.45, 7) is 4.30. The van der Waals surface area contributed by atoms with Crippen LogP contribution in [0, 0.1) is 6.92 Å². The second kappa shape index (κ2) is 6.39. The lowest BCUT2D eigenvalue weighted by atomic mass is 10.2. The molecule has 0 heterocycles. The Labute approximate surface area is 109 Å². The van der Waals surface area contributed by atoms with Crippen molar-refractivity contribution in [1.29, 1.82) is 0 Å². The fourth-order valence-corrected chi connectivity index (χ4v) is 1.74. The van der Waals surface area contributed by atoms with Gasteiger partial charge in [0.05, 0.1) is 0 Å². The molecule has 0 saturated heterocycles. The quantitative estimate of drug-likeness (QED) is 0.841. The third kappa shape index (κ3) is 4.19. The minimum absolute atomic E-state index is 0.506. The molecule has 5 heteroatoms. The fourth-order valence-electron chi connectivity index (χ4n) is 1.27. The van der Waals surface area contributed by atoms with Crippen molar-refractivity contribution in [3.63, 3.8) is 0 Å². The van der Waals surface area contributed by atoms with Gasteiger partial charge in [-0.2, -0.15) is 0 Å². The second-order valence-electron chi connectivity index (χ2n) is 3.67. The van der Waals surface area contributed by atoms with Crippen molar-refractivity contribution in [2.24, 2.45) is 0 Å². The summed E-state index contributed by atoms with van der Waals surface area (Å²) in [5.41, 5.74) is 1.54. The molecule has 0 aliphatic heterocycles. The van der Waals surface area contributed by atoms with Crippen molar-refractivity contribution in [2.45, 2.75) is 20.3 Å². The van der Waals surface area contributed by atoms with Crippen molar-refractivity contribution in [1.82, 2.24) is 5.32 Å². The standard InChI is InChI=1S/C12H15BrN2O2/c1-3-6-14-11(16)12(17)15-10-5-4-9(13)7-8(10)2/h4-5,7H,3,6H2,1-2H3,(H,14,16)(H,15,17). The van der Waals surface area contributed by atoms with E-state index in [1.165, 1.54) is 0 Å². The number of carbonyl (C=O) groups excluding carboxylic acids is 2. The number of nitrogens with one attached hydrogen (secondary N) is 2. The first-order valence-corrected chi connectivity index (χ1v) is 6.19. The van der Waals surface area contributed by atoms with Crippen molar-refractivity contribution < 1.29 is 9.59 Å². The van der Waals surface area contributed by atoms with Gasteiger partial charge >= 0.3 is 11.8 Å². The van der Waals surface area contributed by atoms with Gasteiger partial charge in [-0.25, -0.2) is 0 Å². The summed E-state index contributed by atoms with van der Waals surface area (Å²) in [4.78, 5) is 22.9. The number of hydrogen-bond acceptors (Lipinski definition) is 2.